The molecule has 1 saturated heterocycles. The number of hydrogen-bond donors (Lipinski definition) is 2. The Morgan fingerprint density at radius 2 is 1.17 bits per heavy atom. The summed E-state index contributed by atoms with van der Waals surface area (Å²) in [6.07, 6.45) is 1.71. The van der Waals surface area contributed by atoms with Gasteiger partial charge in [-0.15, -0.1) is 5.10 Å². The molecule has 0 spiro atoms. The summed E-state index contributed by atoms with van der Waals surface area (Å²) < 4.78 is 1.81. The van der Waals surface area contributed by atoms with Crippen molar-refractivity contribution < 1.29 is 58.4 Å². The quantitative estimate of drug-likeness (QED) is 0.382. The molecule has 0 aliphatic carbocycles. The number of fused-ring (bicyclic) bond motifs is 8. The third kappa shape index (κ3) is 9.25. The molecule has 3 aromatic rings. The Bertz CT molecular complexity index is 1290. The molecule has 41 heavy (non-hydrogen) atoms. The molecule has 3 aliphatic heterocycles. The van der Waals surface area contributed by atoms with Gasteiger partial charge in [0, 0.05) is 65.4 Å². The maximum Gasteiger partial charge on any atom is 4.00 e. The number of rotatable bonds is 4. The Kier molecular flexibility index (Phi) is 11.6. The van der Waals surface area contributed by atoms with Crippen molar-refractivity contribution in [2.24, 2.45) is 0 Å². The first-order chi connectivity index (χ1) is 19.4. The van der Waals surface area contributed by atoms with Crippen molar-refractivity contribution >= 4 is 11.9 Å². The van der Waals surface area contributed by atoms with E-state index in [0.717, 1.165) is 28.5 Å². The van der Waals surface area contributed by atoms with E-state index >= 15 is 0 Å². The summed E-state index contributed by atoms with van der Waals surface area (Å²) in [6.45, 7) is 6.31. The van der Waals surface area contributed by atoms with E-state index in [4.69, 9.17) is 9.97 Å². The number of carboxylic acid groups (broad SMARTS) is 2. The molecule has 0 saturated carbocycles. The third-order valence-corrected chi connectivity index (χ3v) is 7.28. The van der Waals surface area contributed by atoms with E-state index in [9.17, 15) is 19.8 Å². The van der Waals surface area contributed by atoms with Crippen molar-refractivity contribution in [1.29, 1.82) is 0 Å². The van der Waals surface area contributed by atoms with Gasteiger partial charge in [-0.05, 0) is 24.3 Å². The smallest absolute Gasteiger partial charge is 0.480 e. The number of carboxylic acids is 2. The number of aliphatic carboxylic acids is 2. The number of pyridine rings is 2. The van der Waals surface area contributed by atoms with Crippen molar-refractivity contribution in [2.75, 3.05) is 65.4 Å². The predicted molar refractivity (Wildman–Crippen MR) is 145 cm³/mol. The van der Waals surface area contributed by atoms with Crippen LogP contribution >= 0.6 is 0 Å². The van der Waals surface area contributed by atoms with Gasteiger partial charge in [-0.2, -0.15) is 0 Å². The van der Waals surface area contributed by atoms with Crippen molar-refractivity contribution in [3.05, 3.63) is 59.7 Å². The summed E-state index contributed by atoms with van der Waals surface area (Å²) in [5.74, 6) is -1.71. The number of aromatic nitrogens is 5. The summed E-state index contributed by atoms with van der Waals surface area (Å²) in [7, 11) is 0. The molecule has 1 fully saturated rings. The fourth-order valence-corrected chi connectivity index (χ4v) is 5.19. The average molecular weight is 709 g/mol. The standard InChI is InChI=1S/C27H35N9O4.Tb/c37-26(38)19-34-11-7-32-8-12-35(20-27(39)40)14-10-33(9-13-34)17-22-5-2-6-24(30-22)25-15-28-31-36(25)18-23-4-1-3-21(16-32)29-23;/h1-6,15H,7-14,16-20H2,(H,37,38)(H,39,40);/q;+4. The van der Waals surface area contributed by atoms with Crippen LogP contribution in [0.1, 0.15) is 17.1 Å². The van der Waals surface area contributed by atoms with Gasteiger partial charge in [0.05, 0.1) is 48.6 Å². The Balaban J connectivity index is 0.00000387. The minimum absolute atomic E-state index is 0. The Morgan fingerprint density at radius 3 is 1.71 bits per heavy atom. The van der Waals surface area contributed by atoms with Crippen LogP contribution < -0.4 is 0 Å². The number of hydrogen-bond acceptors (Lipinski definition) is 10. The van der Waals surface area contributed by atoms with E-state index in [0.29, 0.717) is 72.0 Å². The van der Waals surface area contributed by atoms with Crippen LogP contribution in [0, 0.1) is 38.6 Å². The van der Waals surface area contributed by atoms with E-state index < -0.39 is 11.9 Å². The molecule has 14 heteroatoms. The van der Waals surface area contributed by atoms with Crippen LogP contribution in [0.15, 0.2) is 42.6 Å². The van der Waals surface area contributed by atoms with Crippen LogP contribution in [0.4, 0.5) is 0 Å². The first-order valence-electron chi connectivity index (χ1n) is 13.5. The largest absolute Gasteiger partial charge is 4.00 e. The molecular weight excluding hydrogens is 673 g/mol. The van der Waals surface area contributed by atoms with Crippen LogP contribution in [0.25, 0.3) is 11.4 Å². The number of nitrogens with zero attached hydrogens (tertiary/aromatic N) is 9. The molecule has 0 unspecified atom stereocenters. The first kappa shape index (κ1) is 31.4. The van der Waals surface area contributed by atoms with Crippen LogP contribution in [0.2, 0.25) is 0 Å². The van der Waals surface area contributed by atoms with Crippen LogP contribution in [0.5, 0.6) is 0 Å². The van der Waals surface area contributed by atoms with Gasteiger partial charge in [0.1, 0.15) is 5.69 Å². The van der Waals surface area contributed by atoms with E-state index in [2.05, 4.69) is 20.1 Å². The van der Waals surface area contributed by atoms with Gasteiger partial charge in [0.15, 0.2) is 0 Å². The first-order valence-corrected chi connectivity index (χ1v) is 13.5. The molecule has 2 N–H and O–H groups in total. The second-order valence-electron chi connectivity index (χ2n) is 10.3. The summed E-state index contributed by atoms with van der Waals surface area (Å²) in [5.41, 5.74) is 4.14. The Morgan fingerprint density at radius 1 is 0.683 bits per heavy atom. The van der Waals surface area contributed by atoms with Crippen LogP contribution in [-0.4, -0.2) is 132 Å². The van der Waals surface area contributed by atoms with Gasteiger partial charge < -0.3 is 10.2 Å². The Labute approximate surface area is 269 Å². The van der Waals surface area contributed by atoms with Crippen molar-refractivity contribution in [2.45, 2.75) is 19.6 Å². The molecule has 6 bridgehead atoms. The zero-order chi connectivity index (χ0) is 27.9. The van der Waals surface area contributed by atoms with Crippen molar-refractivity contribution in [3.8, 4) is 11.4 Å². The van der Waals surface area contributed by atoms with Crippen LogP contribution in [-0.2, 0) is 29.2 Å². The van der Waals surface area contributed by atoms with E-state index in [-0.39, 0.29) is 51.7 Å². The normalized spacial score (nSPS) is 20.8. The molecule has 13 nitrogen and oxygen atoms in total. The maximum atomic E-state index is 11.7. The van der Waals surface area contributed by atoms with Crippen LogP contribution in [0.3, 0.4) is 0 Å². The Hall–Kier alpha value is -2.49. The third-order valence-electron chi connectivity index (χ3n) is 7.28. The maximum absolute atomic E-state index is 11.7. The molecule has 6 heterocycles. The zero-order valence-corrected chi connectivity index (χ0v) is 24.9. The van der Waals surface area contributed by atoms with Crippen molar-refractivity contribution in [1.82, 2.24) is 44.6 Å². The van der Waals surface area contributed by atoms with E-state index in [1.807, 2.05) is 50.9 Å². The summed E-state index contributed by atoms with van der Waals surface area (Å²) in [6, 6.07) is 11.8. The van der Waals surface area contributed by atoms with Gasteiger partial charge in [-0.1, -0.05) is 17.3 Å². The minimum atomic E-state index is -0.853. The molecule has 0 aromatic carbocycles. The molecule has 3 aliphatic rings. The van der Waals surface area contributed by atoms with Crippen molar-refractivity contribution in [3.63, 3.8) is 0 Å². The number of carbonyl (C=O) groups is 2. The molecular formula is C27H35N9O4Tb+4. The average Bonchev–Trinajstić information content (AvgIpc) is 3.37. The van der Waals surface area contributed by atoms with Gasteiger partial charge in [-0.3, -0.25) is 34.2 Å². The monoisotopic (exact) mass is 708 g/mol. The van der Waals surface area contributed by atoms with Gasteiger partial charge in [-0.25, -0.2) is 9.67 Å². The topological polar surface area (TPSA) is 144 Å². The summed E-state index contributed by atoms with van der Waals surface area (Å²) in [5, 5.41) is 27.6. The molecule has 3 aromatic heterocycles. The van der Waals surface area contributed by atoms with E-state index in [1.54, 1.807) is 6.20 Å². The predicted octanol–water partition coefficient (Wildman–Crippen LogP) is 0.188. The second kappa shape index (κ2) is 15.1. The fraction of sp³-hybridized carbons (Fsp3) is 0.481. The fourth-order valence-electron chi connectivity index (χ4n) is 5.19. The molecule has 0 amide bonds. The van der Waals surface area contributed by atoms with E-state index in [1.165, 1.54) is 0 Å². The molecule has 217 valence electrons. The second-order valence-corrected chi connectivity index (χ2v) is 10.3. The summed E-state index contributed by atoms with van der Waals surface area (Å²) in [4.78, 5) is 41.5. The summed E-state index contributed by atoms with van der Waals surface area (Å²) >= 11 is 0. The van der Waals surface area contributed by atoms with Gasteiger partial charge >= 0.3 is 50.6 Å². The minimum Gasteiger partial charge on any atom is -0.480 e. The van der Waals surface area contributed by atoms with Gasteiger partial charge in [0.2, 0.25) is 0 Å². The molecule has 6 rings (SSSR count). The molecule has 0 atom stereocenters. The van der Waals surface area contributed by atoms with Gasteiger partial charge in [0.25, 0.3) is 0 Å². The SMILES string of the molecule is O=C(O)CN1CCN2CCN(CC(=O)O)CCN(CC1)Cc1cccc(n1)-c1cnnn1Cc1cccc(n1)C2.[Tb+4]. The zero-order valence-electron chi connectivity index (χ0n) is 22.8. The molecule has 1 radical (unpaired) electrons.